The lowest BCUT2D eigenvalue weighted by atomic mass is 10.00. The normalized spacial score (nSPS) is 12.6. The van der Waals surface area contributed by atoms with E-state index >= 15 is 0 Å². The molecule has 174 valence electrons. The number of aliphatic hydroxyl groups excluding tert-OH is 1. The van der Waals surface area contributed by atoms with Crippen LogP contribution >= 0.6 is 0 Å². The number of anilines is 1. The van der Waals surface area contributed by atoms with Gasteiger partial charge in [0.25, 0.3) is 5.91 Å². The van der Waals surface area contributed by atoms with E-state index in [2.05, 4.69) is 10.6 Å². The minimum absolute atomic E-state index is 0.202. The molecule has 3 N–H and O–H groups in total. The van der Waals surface area contributed by atoms with Crippen LogP contribution < -0.4 is 20.3 Å². The molecule has 0 saturated carbocycles. The van der Waals surface area contributed by atoms with Gasteiger partial charge >= 0.3 is 0 Å². The number of aliphatic hydroxyl groups is 1. The quantitative estimate of drug-likeness (QED) is 0.421. The highest BCUT2D eigenvalue weighted by molar-refractivity contribution is 5.95. The first-order valence-electron chi connectivity index (χ1n) is 11.1. The largest absolute Gasteiger partial charge is 0.497 e. The Morgan fingerprint density at radius 2 is 1.70 bits per heavy atom. The van der Waals surface area contributed by atoms with Crippen LogP contribution in [0.4, 0.5) is 5.69 Å². The van der Waals surface area contributed by atoms with Gasteiger partial charge in [-0.2, -0.15) is 0 Å². The average molecular weight is 448 g/mol. The Morgan fingerprint density at radius 3 is 2.42 bits per heavy atom. The maximum atomic E-state index is 13.0. The molecule has 0 spiro atoms. The topological polar surface area (TPSA) is 73.8 Å². The van der Waals surface area contributed by atoms with Crippen LogP contribution in [0.1, 0.15) is 21.5 Å². The zero-order valence-electron chi connectivity index (χ0n) is 19.5. The Kier molecular flexibility index (Phi) is 8.87. The lowest BCUT2D eigenvalue weighted by Gasteiger charge is -2.25. The van der Waals surface area contributed by atoms with Crippen molar-refractivity contribution in [2.24, 2.45) is 0 Å². The molecule has 33 heavy (non-hydrogen) atoms. The number of ether oxygens (including phenoxy) is 1. The van der Waals surface area contributed by atoms with E-state index in [1.807, 2.05) is 91.8 Å². The third kappa shape index (κ3) is 7.34. The Hall–Kier alpha value is -3.35. The van der Waals surface area contributed by atoms with E-state index < -0.39 is 12.1 Å². The Labute approximate surface area is 196 Å². The molecule has 6 nitrogen and oxygen atoms in total. The fourth-order valence-corrected chi connectivity index (χ4v) is 3.62. The van der Waals surface area contributed by atoms with Crippen molar-refractivity contribution in [1.29, 1.82) is 0 Å². The summed E-state index contributed by atoms with van der Waals surface area (Å²) < 4.78 is 5.27. The van der Waals surface area contributed by atoms with Gasteiger partial charge in [0.1, 0.15) is 5.75 Å². The van der Waals surface area contributed by atoms with E-state index in [0.29, 0.717) is 25.1 Å². The van der Waals surface area contributed by atoms with Crippen molar-refractivity contribution in [2.45, 2.75) is 25.1 Å². The third-order valence-electron chi connectivity index (χ3n) is 5.52. The second-order valence-electron chi connectivity index (χ2n) is 8.26. The maximum Gasteiger partial charge on any atom is 0.251 e. The minimum atomic E-state index is -0.767. The molecule has 0 aliphatic rings. The van der Waals surface area contributed by atoms with Crippen LogP contribution in [0.15, 0.2) is 78.9 Å². The predicted molar refractivity (Wildman–Crippen MR) is 133 cm³/mol. The number of nitrogens with one attached hydrogen (secondary N) is 2. The molecule has 3 aromatic carbocycles. The second-order valence-corrected chi connectivity index (χ2v) is 8.26. The van der Waals surface area contributed by atoms with Crippen LogP contribution in [0.25, 0.3) is 0 Å². The molecule has 0 fully saturated rings. The van der Waals surface area contributed by atoms with E-state index in [4.69, 9.17) is 4.74 Å². The van der Waals surface area contributed by atoms with Crippen LogP contribution in [0.3, 0.4) is 0 Å². The first-order valence-corrected chi connectivity index (χ1v) is 11.1. The summed E-state index contributed by atoms with van der Waals surface area (Å²) in [6.45, 7) is 0.928. The number of hydrogen-bond donors (Lipinski definition) is 3. The van der Waals surface area contributed by atoms with Crippen molar-refractivity contribution in [3.63, 3.8) is 0 Å². The van der Waals surface area contributed by atoms with Crippen molar-refractivity contribution in [3.05, 3.63) is 95.6 Å². The van der Waals surface area contributed by atoms with Crippen LogP contribution in [-0.2, 0) is 13.0 Å². The van der Waals surface area contributed by atoms with Crippen molar-refractivity contribution in [2.75, 3.05) is 32.6 Å². The Balaban J connectivity index is 1.67. The molecule has 3 aromatic rings. The van der Waals surface area contributed by atoms with Crippen molar-refractivity contribution >= 4 is 11.6 Å². The van der Waals surface area contributed by atoms with Gasteiger partial charge in [-0.25, -0.2) is 0 Å². The average Bonchev–Trinajstić information content (AvgIpc) is 2.84. The summed E-state index contributed by atoms with van der Waals surface area (Å²) >= 11 is 0. The zero-order valence-corrected chi connectivity index (χ0v) is 19.5. The monoisotopic (exact) mass is 447 g/mol. The number of methoxy groups -OCH3 is 1. The highest BCUT2D eigenvalue weighted by Crippen LogP contribution is 2.15. The summed E-state index contributed by atoms with van der Waals surface area (Å²) in [5.74, 6) is 0.593. The van der Waals surface area contributed by atoms with E-state index in [0.717, 1.165) is 22.6 Å². The molecule has 0 bridgehead atoms. The fraction of sp³-hybridized carbons (Fsp3) is 0.296. The van der Waals surface area contributed by atoms with Gasteiger partial charge in [0, 0.05) is 38.4 Å². The van der Waals surface area contributed by atoms with Crippen LogP contribution in [0, 0.1) is 0 Å². The van der Waals surface area contributed by atoms with Crippen LogP contribution in [0.2, 0.25) is 0 Å². The molecule has 0 saturated heterocycles. The highest BCUT2D eigenvalue weighted by atomic mass is 16.5. The van der Waals surface area contributed by atoms with Gasteiger partial charge in [0.05, 0.1) is 19.3 Å². The number of benzene rings is 3. The van der Waals surface area contributed by atoms with E-state index in [9.17, 15) is 9.90 Å². The van der Waals surface area contributed by atoms with Crippen molar-refractivity contribution in [1.82, 2.24) is 10.6 Å². The molecule has 2 atom stereocenters. The molecular formula is C27H33N3O3. The standard InChI is InChI=1S/C27H33N3O3/c1-30(2)23-13-8-12-22(17-23)27(32)29-25(16-20-9-5-4-6-10-20)26(31)19-28-18-21-11-7-14-24(15-21)33-3/h4-15,17,25-26,28,31H,16,18-19H2,1-3H3,(H,29,32)/t25-,26-/m0/s1. The summed E-state index contributed by atoms with van der Waals surface area (Å²) in [5, 5.41) is 17.3. The fourth-order valence-electron chi connectivity index (χ4n) is 3.62. The summed E-state index contributed by atoms with van der Waals surface area (Å²) in [7, 11) is 5.52. The smallest absolute Gasteiger partial charge is 0.251 e. The number of amides is 1. The van der Waals surface area contributed by atoms with Gasteiger partial charge in [-0.05, 0) is 47.9 Å². The maximum absolute atomic E-state index is 13.0. The van der Waals surface area contributed by atoms with Gasteiger partial charge in [-0.3, -0.25) is 4.79 Å². The molecule has 0 aliphatic carbocycles. The first kappa shape index (κ1) is 24.3. The number of hydrogen-bond acceptors (Lipinski definition) is 5. The molecular weight excluding hydrogens is 414 g/mol. The Bertz CT molecular complexity index is 1020. The SMILES string of the molecule is COc1cccc(CNC[C@H](O)[C@H](Cc2ccccc2)NC(=O)c2cccc(N(C)C)c2)c1. The van der Waals surface area contributed by atoms with Gasteiger partial charge in [-0.1, -0.05) is 48.5 Å². The van der Waals surface area contributed by atoms with Gasteiger partial charge in [0.15, 0.2) is 0 Å². The zero-order chi connectivity index (χ0) is 23.6. The highest BCUT2D eigenvalue weighted by Gasteiger charge is 2.22. The summed E-state index contributed by atoms with van der Waals surface area (Å²) in [5.41, 5.74) is 3.63. The minimum Gasteiger partial charge on any atom is -0.497 e. The van der Waals surface area contributed by atoms with E-state index in [1.54, 1.807) is 13.2 Å². The molecule has 1 amide bonds. The van der Waals surface area contributed by atoms with Gasteiger partial charge in [0.2, 0.25) is 0 Å². The molecule has 0 aliphatic heterocycles. The lowest BCUT2D eigenvalue weighted by Crippen LogP contribution is -2.48. The molecule has 0 heterocycles. The summed E-state index contributed by atoms with van der Waals surface area (Å²) in [4.78, 5) is 15.0. The summed E-state index contributed by atoms with van der Waals surface area (Å²) in [6.07, 6.45) is -0.237. The number of nitrogens with zero attached hydrogens (tertiary/aromatic N) is 1. The molecule has 0 unspecified atom stereocenters. The van der Waals surface area contributed by atoms with E-state index in [1.165, 1.54) is 0 Å². The predicted octanol–water partition coefficient (Wildman–Crippen LogP) is 3.25. The summed E-state index contributed by atoms with van der Waals surface area (Å²) in [6, 6.07) is 24.7. The lowest BCUT2D eigenvalue weighted by molar-refractivity contribution is 0.0830. The van der Waals surface area contributed by atoms with E-state index in [-0.39, 0.29) is 5.91 Å². The number of carbonyl (C=O) groups is 1. The second kappa shape index (κ2) is 12.0. The van der Waals surface area contributed by atoms with Gasteiger partial charge < -0.3 is 25.4 Å². The van der Waals surface area contributed by atoms with Crippen LogP contribution in [0.5, 0.6) is 5.75 Å². The molecule has 0 radical (unpaired) electrons. The molecule has 3 rings (SSSR count). The third-order valence-corrected chi connectivity index (χ3v) is 5.52. The first-order chi connectivity index (χ1) is 16.0. The van der Waals surface area contributed by atoms with Gasteiger partial charge in [-0.15, -0.1) is 0 Å². The molecule has 6 heteroatoms. The number of carbonyl (C=O) groups excluding carboxylic acids is 1. The molecule has 0 aromatic heterocycles. The van der Waals surface area contributed by atoms with Crippen molar-refractivity contribution in [3.8, 4) is 5.75 Å². The van der Waals surface area contributed by atoms with Crippen molar-refractivity contribution < 1.29 is 14.6 Å². The number of rotatable bonds is 11. The van der Waals surface area contributed by atoms with Crippen LogP contribution in [-0.4, -0.2) is 50.9 Å². The Morgan fingerprint density at radius 1 is 0.970 bits per heavy atom.